The van der Waals surface area contributed by atoms with E-state index in [9.17, 15) is 0 Å². The predicted molar refractivity (Wildman–Crippen MR) is 200 cm³/mol. The smallest absolute Gasteiger partial charge is 0.137 e. The summed E-state index contributed by atoms with van der Waals surface area (Å²) in [6.07, 6.45) is 0. The lowest BCUT2D eigenvalue weighted by molar-refractivity contribution is -0.00389. The Morgan fingerprint density at radius 1 is 0.583 bits per heavy atom. The Bertz CT molecular complexity index is 1700. The molecule has 4 aromatic rings. The first-order chi connectivity index (χ1) is 22.8. The fourth-order valence-corrected chi connectivity index (χ4v) is 5.67. The van der Waals surface area contributed by atoms with Gasteiger partial charge in [-0.2, -0.15) is 0 Å². The standard InChI is InChI=1S/C33H33BrClIN8O4/c34-23-11-19(30(39)40)3-8-26(23)46-15-33(14-45-22-6-1-18(2-7-22)29(37)38,16-47-27-9-4-20(31(41)42)12-24(27)35)17-48-28-10-5-21(32(43)44)13-25(28)36/h1-13H,14-17H2,(H3,37,38)(H3,39,40)(H3,41,42)(H3,43,44)/t33-/m1/s1. The van der Waals surface area contributed by atoms with Crippen molar-refractivity contribution in [3.63, 3.8) is 0 Å². The first kappa shape index (κ1) is 36.3. The number of nitrogens with one attached hydrogen (secondary N) is 4. The van der Waals surface area contributed by atoms with Crippen LogP contribution in [0.25, 0.3) is 0 Å². The van der Waals surface area contributed by atoms with Crippen LogP contribution in [0.5, 0.6) is 23.0 Å². The van der Waals surface area contributed by atoms with Crippen molar-refractivity contribution < 1.29 is 18.9 Å². The van der Waals surface area contributed by atoms with E-state index in [1.807, 2.05) is 0 Å². The minimum absolute atomic E-state index is 0.00290. The molecule has 0 spiro atoms. The van der Waals surface area contributed by atoms with Gasteiger partial charge in [-0.3, -0.25) is 21.6 Å². The minimum Gasteiger partial charge on any atom is -0.493 e. The summed E-state index contributed by atoms with van der Waals surface area (Å²) in [7, 11) is 0. The maximum Gasteiger partial charge on any atom is 0.137 e. The van der Waals surface area contributed by atoms with Crippen LogP contribution in [0.4, 0.5) is 0 Å². The lowest BCUT2D eigenvalue weighted by atomic mass is 9.92. The van der Waals surface area contributed by atoms with E-state index in [0.717, 1.165) is 3.57 Å². The first-order valence-corrected chi connectivity index (χ1v) is 16.4. The zero-order valence-electron chi connectivity index (χ0n) is 25.4. The van der Waals surface area contributed by atoms with Gasteiger partial charge in [-0.1, -0.05) is 11.6 Å². The van der Waals surface area contributed by atoms with Crippen molar-refractivity contribution in [3.8, 4) is 23.0 Å². The number of nitrogens with two attached hydrogens (primary N) is 4. The Morgan fingerprint density at radius 3 is 1.50 bits per heavy atom. The molecular formula is C33H33BrClIN8O4. The van der Waals surface area contributed by atoms with Gasteiger partial charge in [0, 0.05) is 22.3 Å². The Balaban J connectivity index is 1.70. The van der Waals surface area contributed by atoms with E-state index in [2.05, 4.69) is 38.5 Å². The number of benzene rings is 4. The van der Waals surface area contributed by atoms with E-state index >= 15 is 0 Å². The van der Waals surface area contributed by atoms with Crippen LogP contribution in [-0.2, 0) is 0 Å². The Hall–Kier alpha value is -4.54. The van der Waals surface area contributed by atoms with Crippen molar-refractivity contribution in [2.24, 2.45) is 28.3 Å². The van der Waals surface area contributed by atoms with Crippen LogP contribution < -0.4 is 41.9 Å². The predicted octanol–water partition coefficient (Wildman–Crippen LogP) is 5.45. The Kier molecular flexibility index (Phi) is 12.1. The van der Waals surface area contributed by atoms with Crippen LogP contribution in [0.15, 0.2) is 83.3 Å². The van der Waals surface area contributed by atoms with Crippen molar-refractivity contribution in [1.29, 1.82) is 21.6 Å². The van der Waals surface area contributed by atoms with Gasteiger partial charge in [0.15, 0.2) is 0 Å². The van der Waals surface area contributed by atoms with Crippen LogP contribution in [0.1, 0.15) is 22.3 Å². The molecule has 0 aromatic heterocycles. The topological polar surface area (TPSA) is 236 Å². The fourth-order valence-electron chi connectivity index (χ4n) is 4.27. The molecule has 250 valence electrons. The average molecular weight is 848 g/mol. The van der Waals surface area contributed by atoms with Crippen molar-refractivity contribution in [1.82, 2.24) is 0 Å². The zero-order valence-corrected chi connectivity index (χ0v) is 29.9. The van der Waals surface area contributed by atoms with E-state index in [0.29, 0.717) is 49.7 Å². The second kappa shape index (κ2) is 16.0. The van der Waals surface area contributed by atoms with E-state index in [-0.39, 0.29) is 54.8 Å². The quantitative estimate of drug-likeness (QED) is 0.0409. The first-order valence-electron chi connectivity index (χ1n) is 14.1. The summed E-state index contributed by atoms with van der Waals surface area (Å²) in [5.41, 5.74) is 23.7. The summed E-state index contributed by atoms with van der Waals surface area (Å²) < 4.78 is 26.6. The minimum atomic E-state index is -0.997. The highest BCUT2D eigenvalue weighted by Crippen LogP contribution is 2.33. The van der Waals surface area contributed by atoms with Gasteiger partial charge in [0.05, 0.1) is 13.1 Å². The molecule has 12 N–H and O–H groups in total. The van der Waals surface area contributed by atoms with Crippen molar-refractivity contribution in [2.75, 3.05) is 26.4 Å². The number of rotatable bonds is 16. The number of nitrogen functional groups attached to an aromatic ring is 4. The lowest BCUT2D eigenvalue weighted by Gasteiger charge is -2.33. The lowest BCUT2D eigenvalue weighted by Crippen LogP contribution is -2.45. The van der Waals surface area contributed by atoms with Crippen LogP contribution in [0.3, 0.4) is 0 Å². The highest BCUT2D eigenvalue weighted by Gasteiger charge is 2.36. The van der Waals surface area contributed by atoms with Crippen molar-refractivity contribution >= 4 is 73.5 Å². The molecule has 0 unspecified atom stereocenters. The average Bonchev–Trinajstić information content (AvgIpc) is 3.05. The van der Waals surface area contributed by atoms with Gasteiger partial charge in [-0.05, 0) is 117 Å². The number of hydrogen-bond acceptors (Lipinski definition) is 8. The Labute approximate surface area is 304 Å². The Morgan fingerprint density at radius 2 is 1.00 bits per heavy atom. The monoisotopic (exact) mass is 846 g/mol. The van der Waals surface area contributed by atoms with Gasteiger partial charge < -0.3 is 41.9 Å². The molecule has 4 rings (SSSR count). The maximum absolute atomic E-state index is 7.77. The summed E-state index contributed by atoms with van der Waals surface area (Å²) in [6, 6.07) is 21.9. The molecule has 0 saturated heterocycles. The normalized spacial score (nSPS) is 12.0. The van der Waals surface area contributed by atoms with E-state index in [4.69, 9.17) is 75.1 Å². The zero-order chi connectivity index (χ0) is 35.0. The molecule has 0 saturated carbocycles. The van der Waals surface area contributed by atoms with Crippen LogP contribution in [0.2, 0.25) is 5.02 Å². The summed E-state index contributed by atoms with van der Waals surface area (Å²) in [4.78, 5) is 0. The third-order valence-corrected chi connectivity index (χ3v) is 8.80. The molecule has 48 heavy (non-hydrogen) atoms. The van der Waals surface area contributed by atoms with Gasteiger partial charge in [-0.15, -0.1) is 0 Å². The molecule has 0 amide bonds. The molecule has 1 atom stereocenters. The SMILES string of the molecule is N=C(N)c1ccc(OC[C@](COc2ccc(C(=N)N)cc2Cl)(COc2ccc(C(=N)N)cc2Br)COc2ccc(C(=N)N)cc2I)cc1. The second-order valence-corrected chi connectivity index (χ2v) is 13.2. The van der Waals surface area contributed by atoms with Gasteiger partial charge in [0.25, 0.3) is 0 Å². The van der Waals surface area contributed by atoms with Gasteiger partial charge in [0.1, 0.15) is 78.2 Å². The van der Waals surface area contributed by atoms with Crippen LogP contribution in [0, 0.1) is 30.6 Å². The largest absolute Gasteiger partial charge is 0.493 e. The van der Waals surface area contributed by atoms with Gasteiger partial charge in [-0.25, -0.2) is 0 Å². The molecule has 15 heteroatoms. The maximum atomic E-state index is 7.77. The molecule has 0 bridgehead atoms. The molecule has 0 aliphatic heterocycles. The molecule has 0 heterocycles. The summed E-state index contributed by atoms with van der Waals surface area (Å²) in [5, 5.41) is 31.2. The number of halogens is 3. The highest BCUT2D eigenvalue weighted by molar-refractivity contribution is 14.1. The summed E-state index contributed by atoms with van der Waals surface area (Å²) in [6.45, 7) is 0.117. The molecule has 0 radical (unpaired) electrons. The van der Waals surface area contributed by atoms with E-state index in [1.54, 1.807) is 78.9 Å². The van der Waals surface area contributed by atoms with Crippen molar-refractivity contribution in [3.05, 3.63) is 114 Å². The number of hydrogen-bond donors (Lipinski definition) is 8. The molecule has 0 aliphatic carbocycles. The van der Waals surface area contributed by atoms with Gasteiger partial charge in [0.2, 0.25) is 0 Å². The fraction of sp³-hybridized carbons (Fsp3) is 0.152. The number of amidine groups is 4. The highest BCUT2D eigenvalue weighted by atomic mass is 127. The van der Waals surface area contributed by atoms with Crippen LogP contribution in [-0.4, -0.2) is 49.8 Å². The molecule has 0 aliphatic rings. The van der Waals surface area contributed by atoms with E-state index in [1.165, 1.54) is 0 Å². The third kappa shape index (κ3) is 9.51. The summed E-state index contributed by atoms with van der Waals surface area (Å²) >= 11 is 12.2. The number of ether oxygens (including phenoxy) is 4. The van der Waals surface area contributed by atoms with Gasteiger partial charge >= 0.3 is 0 Å². The second-order valence-electron chi connectivity index (χ2n) is 10.8. The molecule has 12 nitrogen and oxygen atoms in total. The molecule has 4 aromatic carbocycles. The van der Waals surface area contributed by atoms with E-state index < -0.39 is 5.41 Å². The molecule has 0 fully saturated rings. The molecular weight excluding hydrogens is 815 g/mol. The summed E-state index contributed by atoms with van der Waals surface area (Å²) in [5.74, 6) is 1.56. The van der Waals surface area contributed by atoms with Crippen molar-refractivity contribution in [2.45, 2.75) is 0 Å². The van der Waals surface area contributed by atoms with Crippen LogP contribution >= 0.6 is 50.1 Å². The third-order valence-electron chi connectivity index (χ3n) is 7.04.